The van der Waals surface area contributed by atoms with Gasteiger partial charge >= 0.3 is 0 Å². The van der Waals surface area contributed by atoms with E-state index in [0.29, 0.717) is 15.8 Å². The van der Waals surface area contributed by atoms with Crippen LogP contribution in [0.4, 0.5) is 11.4 Å². The van der Waals surface area contributed by atoms with Crippen molar-refractivity contribution in [2.45, 2.75) is 0 Å². The Morgan fingerprint density at radius 1 is 1.33 bits per heavy atom. The lowest BCUT2D eigenvalue weighted by Crippen LogP contribution is -2.14. The minimum atomic E-state index is -0.485. The van der Waals surface area contributed by atoms with Crippen LogP contribution in [0, 0.1) is 0 Å². The number of phenols is 1. The van der Waals surface area contributed by atoms with Crippen LogP contribution in [-0.2, 0) is 0 Å². The van der Waals surface area contributed by atoms with Gasteiger partial charge in [-0.1, -0.05) is 22.0 Å². The number of anilines is 2. The molecule has 0 aromatic heterocycles. The van der Waals surface area contributed by atoms with E-state index in [1.54, 1.807) is 24.3 Å². The highest BCUT2D eigenvalue weighted by Gasteiger charge is 2.17. The maximum Gasteiger partial charge on any atom is 0.259 e. The first kappa shape index (κ1) is 15.7. The second-order valence-electron chi connectivity index (χ2n) is 4.16. The van der Waals surface area contributed by atoms with Crippen LogP contribution in [0.1, 0.15) is 10.4 Å². The maximum atomic E-state index is 12.3. The molecule has 2 aromatic rings. The molecule has 7 heteroatoms. The molecule has 5 nitrogen and oxygen atoms in total. The number of carbonyl (C=O) groups is 1. The standard InChI is InChI=1S/C14H12Br2N2O3/c1-21-11-4-2-3-8(13(11)19)14(20)18-12-9(16)5-7(15)6-10(12)17/h2-6,19H,17H2,1H3,(H,18,20). The van der Waals surface area contributed by atoms with Crippen LogP contribution in [0.2, 0.25) is 0 Å². The average molecular weight is 416 g/mol. The Morgan fingerprint density at radius 2 is 2.05 bits per heavy atom. The number of para-hydroxylation sites is 1. The van der Waals surface area contributed by atoms with E-state index < -0.39 is 5.91 Å². The quantitative estimate of drug-likeness (QED) is 0.666. The van der Waals surface area contributed by atoms with Gasteiger partial charge in [-0.3, -0.25) is 4.79 Å². The lowest BCUT2D eigenvalue weighted by Gasteiger charge is -2.12. The van der Waals surface area contributed by atoms with E-state index in [1.807, 2.05) is 0 Å². The maximum absolute atomic E-state index is 12.3. The zero-order valence-corrected chi connectivity index (χ0v) is 14.2. The number of ether oxygens (including phenoxy) is 1. The summed E-state index contributed by atoms with van der Waals surface area (Å²) in [4.78, 5) is 12.3. The lowest BCUT2D eigenvalue weighted by atomic mass is 10.1. The first-order valence-corrected chi connectivity index (χ1v) is 7.44. The molecule has 2 rings (SSSR count). The van der Waals surface area contributed by atoms with Gasteiger partial charge in [0, 0.05) is 8.95 Å². The van der Waals surface area contributed by atoms with E-state index in [-0.39, 0.29) is 17.1 Å². The number of aromatic hydroxyl groups is 1. The van der Waals surface area contributed by atoms with Crippen LogP contribution in [-0.4, -0.2) is 18.1 Å². The third kappa shape index (κ3) is 3.30. The number of hydrogen-bond acceptors (Lipinski definition) is 4. The number of halogens is 2. The number of benzene rings is 2. The topological polar surface area (TPSA) is 84.6 Å². The number of rotatable bonds is 3. The largest absolute Gasteiger partial charge is 0.504 e. The van der Waals surface area contributed by atoms with Gasteiger partial charge in [0.15, 0.2) is 11.5 Å². The Labute approximate surface area is 138 Å². The lowest BCUT2D eigenvalue weighted by molar-refractivity contribution is 0.102. The molecule has 110 valence electrons. The van der Waals surface area contributed by atoms with Crippen molar-refractivity contribution in [2.24, 2.45) is 0 Å². The molecule has 0 aliphatic rings. The molecular weight excluding hydrogens is 404 g/mol. The van der Waals surface area contributed by atoms with Gasteiger partial charge in [-0.15, -0.1) is 0 Å². The third-order valence-corrected chi connectivity index (χ3v) is 3.87. The number of nitrogens with one attached hydrogen (secondary N) is 1. The first-order chi connectivity index (χ1) is 9.93. The molecule has 0 saturated carbocycles. The monoisotopic (exact) mass is 414 g/mol. The molecule has 0 atom stereocenters. The van der Waals surface area contributed by atoms with Gasteiger partial charge in [0.05, 0.1) is 24.0 Å². The molecule has 0 radical (unpaired) electrons. The van der Waals surface area contributed by atoms with E-state index in [0.717, 1.165) is 4.47 Å². The smallest absolute Gasteiger partial charge is 0.259 e. The van der Waals surface area contributed by atoms with Crippen molar-refractivity contribution in [3.8, 4) is 11.5 Å². The fourth-order valence-corrected chi connectivity index (χ4v) is 3.13. The van der Waals surface area contributed by atoms with E-state index in [2.05, 4.69) is 37.2 Å². The summed E-state index contributed by atoms with van der Waals surface area (Å²) in [7, 11) is 1.42. The summed E-state index contributed by atoms with van der Waals surface area (Å²) in [5.74, 6) is -0.476. The van der Waals surface area contributed by atoms with Gasteiger partial charge in [-0.2, -0.15) is 0 Å². The number of amides is 1. The molecule has 0 bridgehead atoms. The molecule has 4 N–H and O–H groups in total. The number of hydrogen-bond donors (Lipinski definition) is 3. The highest BCUT2D eigenvalue weighted by Crippen LogP contribution is 2.34. The predicted molar refractivity (Wildman–Crippen MR) is 88.9 cm³/mol. The van der Waals surface area contributed by atoms with Gasteiger partial charge in [-0.25, -0.2) is 0 Å². The van der Waals surface area contributed by atoms with Crippen LogP contribution in [0.15, 0.2) is 39.3 Å². The molecule has 2 aromatic carbocycles. The van der Waals surface area contributed by atoms with Crippen LogP contribution in [0.3, 0.4) is 0 Å². The number of methoxy groups -OCH3 is 1. The van der Waals surface area contributed by atoms with Crippen LogP contribution in [0.5, 0.6) is 11.5 Å². The molecule has 0 fully saturated rings. The van der Waals surface area contributed by atoms with E-state index in [1.165, 1.54) is 13.2 Å². The molecule has 0 unspecified atom stereocenters. The third-order valence-electron chi connectivity index (χ3n) is 2.79. The molecule has 0 heterocycles. The van der Waals surface area contributed by atoms with Gasteiger partial charge in [0.25, 0.3) is 5.91 Å². The van der Waals surface area contributed by atoms with Crippen LogP contribution >= 0.6 is 31.9 Å². The van der Waals surface area contributed by atoms with Crippen molar-refractivity contribution >= 4 is 49.1 Å². The summed E-state index contributed by atoms with van der Waals surface area (Å²) in [6, 6.07) is 8.11. The average Bonchev–Trinajstić information content (AvgIpc) is 2.42. The SMILES string of the molecule is COc1cccc(C(=O)Nc2c(N)cc(Br)cc2Br)c1O. The highest BCUT2D eigenvalue weighted by atomic mass is 79.9. The summed E-state index contributed by atoms with van der Waals surface area (Å²) >= 11 is 6.64. The fraction of sp³-hybridized carbons (Fsp3) is 0.0714. The Kier molecular flexibility index (Phi) is 4.74. The number of nitrogen functional groups attached to an aromatic ring is 1. The van der Waals surface area contributed by atoms with Crippen molar-refractivity contribution < 1.29 is 14.6 Å². The minimum absolute atomic E-state index is 0.101. The zero-order valence-electron chi connectivity index (χ0n) is 11.0. The summed E-state index contributed by atoms with van der Waals surface area (Å²) in [5.41, 5.74) is 6.81. The van der Waals surface area contributed by atoms with E-state index in [9.17, 15) is 9.90 Å². The Balaban J connectivity index is 2.35. The summed E-state index contributed by atoms with van der Waals surface area (Å²) in [6.07, 6.45) is 0. The van der Waals surface area contributed by atoms with Crippen molar-refractivity contribution in [1.29, 1.82) is 0 Å². The fourth-order valence-electron chi connectivity index (χ4n) is 1.78. The normalized spacial score (nSPS) is 10.2. The minimum Gasteiger partial charge on any atom is -0.504 e. The molecule has 1 amide bonds. The summed E-state index contributed by atoms with van der Waals surface area (Å²) in [5, 5.41) is 12.7. The van der Waals surface area contributed by atoms with Gasteiger partial charge in [0.2, 0.25) is 0 Å². The van der Waals surface area contributed by atoms with Gasteiger partial charge in [0.1, 0.15) is 0 Å². The summed E-state index contributed by atoms with van der Waals surface area (Å²) < 4.78 is 6.39. The van der Waals surface area contributed by atoms with Crippen molar-refractivity contribution in [3.05, 3.63) is 44.8 Å². The molecule has 21 heavy (non-hydrogen) atoms. The zero-order chi connectivity index (χ0) is 15.6. The highest BCUT2D eigenvalue weighted by molar-refractivity contribution is 9.11. The van der Waals surface area contributed by atoms with Crippen molar-refractivity contribution in [3.63, 3.8) is 0 Å². The predicted octanol–water partition coefficient (Wildman–Crippen LogP) is 3.76. The number of phenolic OH excluding ortho intramolecular Hbond substituents is 1. The Morgan fingerprint density at radius 3 is 2.67 bits per heavy atom. The van der Waals surface area contributed by atoms with Crippen molar-refractivity contribution in [2.75, 3.05) is 18.2 Å². The molecule has 0 aliphatic carbocycles. The molecule has 0 saturated heterocycles. The number of carbonyl (C=O) groups excluding carboxylic acids is 1. The van der Waals surface area contributed by atoms with Gasteiger partial charge in [-0.05, 0) is 40.2 Å². The van der Waals surface area contributed by atoms with Crippen molar-refractivity contribution in [1.82, 2.24) is 0 Å². The van der Waals surface area contributed by atoms with E-state index in [4.69, 9.17) is 10.5 Å². The molecule has 0 aliphatic heterocycles. The second kappa shape index (κ2) is 6.36. The Hall–Kier alpha value is -1.73. The summed E-state index contributed by atoms with van der Waals surface area (Å²) in [6.45, 7) is 0. The molecule has 0 spiro atoms. The van der Waals surface area contributed by atoms with E-state index >= 15 is 0 Å². The second-order valence-corrected chi connectivity index (χ2v) is 5.93. The first-order valence-electron chi connectivity index (χ1n) is 5.86. The van der Waals surface area contributed by atoms with Crippen LogP contribution in [0.25, 0.3) is 0 Å². The number of nitrogens with two attached hydrogens (primary N) is 1. The Bertz CT molecular complexity index is 682. The van der Waals surface area contributed by atoms with Crippen LogP contribution < -0.4 is 15.8 Å². The molecular formula is C14H12Br2N2O3. The van der Waals surface area contributed by atoms with Gasteiger partial charge < -0.3 is 20.9 Å².